The van der Waals surface area contributed by atoms with Crippen LogP contribution in [0.5, 0.6) is 0 Å². The van der Waals surface area contributed by atoms with Crippen molar-refractivity contribution >= 4 is 21.4 Å². The highest BCUT2D eigenvalue weighted by Gasteiger charge is 2.27. The first kappa shape index (κ1) is 16.7. The molecule has 2 N–H and O–H groups in total. The van der Waals surface area contributed by atoms with Crippen molar-refractivity contribution in [3.8, 4) is 0 Å². The lowest BCUT2D eigenvalue weighted by Gasteiger charge is -2.36. The summed E-state index contributed by atoms with van der Waals surface area (Å²) in [6.07, 6.45) is 1.81. The number of likely N-dealkylation sites (tertiary alicyclic amines) is 1. The molecule has 2 rings (SSSR count). The monoisotopic (exact) mass is 328 g/mol. The summed E-state index contributed by atoms with van der Waals surface area (Å²) < 4.78 is 22.7. The Labute approximate surface area is 129 Å². The maximum atomic E-state index is 11.4. The highest BCUT2D eigenvalue weighted by molar-refractivity contribution is 7.89. The number of nitrogens with zero attached hydrogens (tertiary/aromatic N) is 3. The van der Waals surface area contributed by atoms with E-state index in [-0.39, 0.29) is 16.6 Å². The molecular formula is C13H20N4O4S. The van der Waals surface area contributed by atoms with Gasteiger partial charge in [0.1, 0.15) is 5.69 Å². The van der Waals surface area contributed by atoms with E-state index in [9.17, 15) is 18.5 Å². The second-order valence-electron chi connectivity index (χ2n) is 5.60. The summed E-state index contributed by atoms with van der Waals surface area (Å²) in [5.41, 5.74) is 0.167. The van der Waals surface area contributed by atoms with E-state index < -0.39 is 14.9 Å². The summed E-state index contributed by atoms with van der Waals surface area (Å²) in [4.78, 5) is 14.5. The van der Waals surface area contributed by atoms with Crippen LogP contribution in [0.25, 0.3) is 0 Å². The number of piperidine rings is 1. The van der Waals surface area contributed by atoms with Crippen LogP contribution in [0.4, 0.5) is 11.4 Å². The van der Waals surface area contributed by atoms with Crippen molar-refractivity contribution in [2.45, 2.75) is 23.8 Å². The lowest BCUT2D eigenvalue weighted by Crippen LogP contribution is -2.42. The zero-order valence-corrected chi connectivity index (χ0v) is 13.4. The average molecular weight is 328 g/mol. The Morgan fingerprint density at radius 3 is 2.45 bits per heavy atom. The molecule has 1 saturated heterocycles. The second-order valence-corrected chi connectivity index (χ2v) is 7.16. The highest BCUT2D eigenvalue weighted by Crippen LogP contribution is 2.32. The van der Waals surface area contributed by atoms with Gasteiger partial charge >= 0.3 is 0 Å². The molecule has 1 aromatic carbocycles. The fourth-order valence-corrected chi connectivity index (χ4v) is 3.24. The maximum absolute atomic E-state index is 11.4. The van der Waals surface area contributed by atoms with Gasteiger partial charge in [0.2, 0.25) is 10.0 Å². The summed E-state index contributed by atoms with van der Waals surface area (Å²) in [6, 6.07) is 3.98. The fourth-order valence-electron chi connectivity index (χ4n) is 2.70. The third kappa shape index (κ3) is 3.54. The number of rotatable bonds is 4. The van der Waals surface area contributed by atoms with Crippen LogP contribution in [-0.2, 0) is 10.0 Å². The Morgan fingerprint density at radius 2 is 1.95 bits per heavy atom. The number of anilines is 1. The molecule has 8 nitrogen and oxygen atoms in total. The molecule has 1 heterocycles. The van der Waals surface area contributed by atoms with Crippen LogP contribution >= 0.6 is 0 Å². The molecule has 0 saturated carbocycles. The number of sulfonamides is 1. The number of hydrogen-bond donors (Lipinski definition) is 1. The number of nitro groups is 1. The van der Waals surface area contributed by atoms with Gasteiger partial charge in [0.05, 0.1) is 9.82 Å². The lowest BCUT2D eigenvalue weighted by atomic mass is 10.0. The number of hydrogen-bond acceptors (Lipinski definition) is 6. The molecule has 0 aromatic heterocycles. The first-order chi connectivity index (χ1) is 10.2. The average Bonchev–Trinajstić information content (AvgIpc) is 2.45. The third-order valence-corrected chi connectivity index (χ3v) is 5.00. The minimum absolute atomic E-state index is 0.190. The lowest BCUT2D eigenvalue weighted by molar-refractivity contribution is -0.384. The van der Waals surface area contributed by atoms with Gasteiger partial charge in [-0.25, -0.2) is 13.6 Å². The highest BCUT2D eigenvalue weighted by atomic mass is 32.2. The minimum atomic E-state index is -3.96. The smallest absolute Gasteiger partial charge is 0.293 e. The van der Waals surface area contributed by atoms with E-state index in [1.54, 1.807) is 7.05 Å². The molecule has 122 valence electrons. The molecule has 0 spiro atoms. The summed E-state index contributed by atoms with van der Waals surface area (Å²) in [7, 11) is -0.121. The Hall–Kier alpha value is -1.71. The summed E-state index contributed by atoms with van der Waals surface area (Å²) in [6.45, 7) is 1.86. The predicted molar refractivity (Wildman–Crippen MR) is 83.4 cm³/mol. The topological polar surface area (TPSA) is 110 Å². The van der Waals surface area contributed by atoms with E-state index >= 15 is 0 Å². The fraction of sp³-hybridized carbons (Fsp3) is 0.538. The minimum Gasteiger partial charge on any atom is -0.366 e. The van der Waals surface area contributed by atoms with Crippen molar-refractivity contribution in [2.75, 3.05) is 32.1 Å². The molecule has 1 aliphatic heterocycles. The summed E-state index contributed by atoms with van der Waals surface area (Å²) in [5, 5.41) is 16.3. The van der Waals surface area contributed by atoms with Crippen LogP contribution in [0, 0.1) is 10.1 Å². The van der Waals surface area contributed by atoms with Crippen molar-refractivity contribution in [1.29, 1.82) is 0 Å². The van der Waals surface area contributed by atoms with Gasteiger partial charge in [-0.2, -0.15) is 0 Å². The number of nitrogens with two attached hydrogens (primary N) is 1. The molecule has 0 atom stereocenters. The van der Waals surface area contributed by atoms with Gasteiger partial charge in [-0.1, -0.05) is 0 Å². The van der Waals surface area contributed by atoms with Crippen LogP contribution in [0.2, 0.25) is 0 Å². The van der Waals surface area contributed by atoms with Crippen molar-refractivity contribution < 1.29 is 13.3 Å². The molecule has 1 aromatic rings. The van der Waals surface area contributed by atoms with Crippen molar-refractivity contribution in [3.63, 3.8) is 0 Å². The van der Waals surface area contributed by atoms with E-state index in [1.165, 1.54) is 12.1 Å². The third-order valence-electron chi connectivity index (χ3n) is 4.09. The Kier molecular flexibility index (Phi) is 4.69. The summed E-state index contributed by atoms with van der Waals surface area (Å²) in [5.74, 6) is 0. The van der Waals surface area contributed by atoms with Crippen molar-refractivity contribution in [3.05, 3.63) is 28.3 Å². The zero-order chi connectivity index (χ0) is 16.5. The molecule has 0 bridgehead atoms. The van der Waals surface area contributed by atoms with E-state index in [4.69, 9.17) is 5.14 Å². The normalized spacial score (nSPS) is 17.4. The molecule has 9 heteroatoms. The van der Waals surface area contributed by atoms with Gasteiger partial charge in [-0.15, -0.1) is 0 Å². The van der Waals surface area contributed by atoms with Gasteiger partial charge in [0.15, 0.2) is 0 Å². The molecule has 22 heavy (non-hydrogen) atoms. The van der Waals surface area contributed by atoms with Gasteiger partial charge < -0.3 is 9.80 Å². The number of benzene rings is 1. The number of primary sulfonamides is 1. The SMILES string of the molecule is CN1CCC(N(C)c2ccc(S(N)(=O)=O)cc2[N+](=O)[O-])CC1. The molecule has 0 unspecified atom stereocenters. The quantitative estimate of drug-likeness (QED) is 0.646. The molecule has 1 aliphatic rings. The Morgan fingerprint density at radius 1 is 1.36 bits per heavy atom. The Bertz CT molecular complexity index is 669. The van der Waals surface area contributed by atoms with E-state index in [1.807, 2.05) is 11.9 Å². The van der Waals surface area contributed by atoms with Crippen LogP contribution in [-0.4, -0.2) is 51.5 Å². The van der Waals surface area contributed by atoms with E-state index in [0.29, 0.717) is 5.69 Å². The van der Waals surface area contributed by atoms with Crippen molar-refractivity contribution in [2.24, 2.45) is 5.14 Å². The standard InChI is InChI=1S/C13H20N4O4S/c1-15-7-5-10(6-8-15)16(2)12-4-3-11(22(14,20)21)9-13(12)17(18)19/h3-4,9-10H,5-8H2,1-2H3,(H2,14,20,21). The van der Waals surface area contributed by atoms with Gasteiger partial charge in [-0.05, 0) is 45.1 Å². The molecule has 0 amide bonds. The molecular weight excluding hydrogens is 308 g/mol. The molecule has 0 aliphatic carbocycles. The first-order valence-electron chi connectivity index (χ1n) is 6.93. The summed E-state index contributed by atoms with van der Waals surface area (Å²) >= 11 is 0. The van der Waals surface area contributed by atoms with Crippen molar-refractivity contribution in [1.82, 2.24) is 4.90 Å². The molecule has 0 radical (unpaired) electrons. The van der Waals surface area contributed by atoms with Crippen LogP contribution in [0.1, 0.15) is 12.8 Å². The van der Waals surface area contributed by atoms with Gasteiger partial charge in [0.25, 0.3) is 5.69 Å². The number of nitro benzene ring substituents is 1. The second kappa shape index (κ2) is 6.19. The van der Waals surface area contributed by atoms with E-state index in [0.717, 1.165) is 32.0 Å². The van der Waals surface area contributed by atoms with Gasteiger partial charge in [-0.3, -0.25) is 10.1 Å². The van der Waals surface area contributed by atoms with Gasteiger partial charge in [0, 0.05) is 19.2 Å². The largest absolute Gasteiger partial charge is 0.366 e. The predicted octanol–water partition coefficient (Wildman–Crippen LogP) is 0.773. The molecule has 1 fully saturated rings. The maximum Gasteiger partial charge on any atom is 0.293 e. The Balaban J connectivity index is 2.36. The van der Waals surface area contributed by atoms with E-state index in [2.05, 4.69) is 4.90 Å². The van der Waals surface area contributed by atoms with Crippen LogP contribution in [0.3, 0.4) is 0 Å². The van der Waals surface area contributed by atoms with Crippen LogP contribution < -0.4 is 10.0 Å². The zero-order valence-electron chi connectivity index (χ0n) is 12.6. The first-order valence-corrected chi connectivity index (χ1v) is 8.47. The van der Waals surface area contributed by atoms with Crippen LogP contribution in [0.15, 0.2) is 23.1 Å².